The van der Waals surface area contributed by atoms with E-state index < -0.39 is 24.0 Å². The average Bonchev–Trinajstić information content (AvgIpc) is 2.93. The highest BCUT2D eigenvalue weighted by atomic mass is 16.4. The molecule has 1 fully saturated rings. The lowest BCUT2D eigenvalue weighted by Crippen LogP contribution is -2.49. The molecule has 114 valence electrons. The summed E-state index contributed by atoms with van der Waals surface area (Å²) >= 11 is 0. The Balaban J connectivity index is 2.03. The summed E-state index contributed by atoms with van der Waals surface area (Å²) in [5, 5.41) is 23.0. The van der Waals surface area contributed by atoms with Gasteiger partial charge in [0.05, 0.1) is 11.6 Å². The number of rotatable bonds is 5. The van der Waals surface area contributed by atoms with E-state index in [2.05, 4.69) is 10.6 Å². The topological polar surface area (TPSA) is 119 Å². The summed E-state index contributed by atoms with van der Waals surface area (Å²) in [6, 6.07) is 6.74. The highest BCUT2D eigenvalue weighted by Gasteiger charge is 2.30. The molecule has 7 nitrogen and oxygen atoms in total. The molecule has 1 aromatic carbocycles. The maximum absolute atomic E-state index is 12.0. The number of hydrogen-bond acceptors (Lipinski definition) is 4. The van der Waals surface area contributed by atoms with Crippen LogP contribution in [0.4, 0.5) is 0 Å². The summed E-state index contributed by atoms with van der Waals surface area (Å²) < 4.78 is 0. The molecular weight excluding hydrogens is 286 g/mol. The quantitative estimate of drug-likeness (QED) is 0.704. The van der Waals surface area contributed by atoms with Crippen molar-refractivity contribution in [2.75, 3.05) is 0 Å². The molecule has 0 aliphatic carbocycles. The zero-order valence-corrected chi connectivity index (χ0v) is 11.7. The van der Waals surface area contributed by atoms with Gasteiger partial charge in [-0.15, -0.1) is 0 Å². The normalized spacial score (nSPS) is 18.1. The minimum absolute atomic E-state index is 0.0667. The number of hydrogen-bond donors (Lipinski definition) is 3. The van der Waals surface area contributed by atoms with Gasteiger partial charge in [0, 0.05) is 12.8 Å². The first-order valence-electron chi connectivity index (χ1n) is 6.81. The van der Waals surface area contributed by atoms with Crippen molar-refractivity contribution < 1.29 is 19.5 Å². The smallest absolute Gasteiger partial charge is 0.326 e. The van der Waals surface area contributed by atoms with Crippen LogP contribution < -0.4 is 10.6 Å². The van der Waals surface area contributed by atoms with Crippen LogP contribution in [0.1, 0.15) is 24.0 Å². The first-order chi connectivity index (χ1) is 10.5. The van der Waals surface area contributed by atoms with Gasteiger partial charge in [0.25, 0.3) is 0 Å². The van der Waals surface area contributed by atoms with Crippen molar-refractivity contribution in [3.05, 3.63) is 35.4 Å². The highest BCUT2D eigenvalue weighted by Crippen LogP contribution is 2.10. The lowest BCUT2D eigenvalue weighted by molar-refractivity contribution is -0.142. The number of aliphatic carboxylic acids is 1. The van der Waals surface area contributed by atoms with E-state index in [4.69, 9.17) is 5.26 Å². The number of amides is 2. The molecule has 1 aromatic rings. The largest absolute Gasteiger partial charge is 0.480 e. The Labute approximate surface area is 126 Å². The first-order valence-corrected chi connectivity index (χ1v) is 6.81. The van der Waals surface area contributed by atoms with Crippen LogP contribution in [-0.4, -0.2) is 35.0 Å². The zero-order valence-electron chi connectivity index (χ0n) is 11.7. The Morgan fingerprint density at radius 3 is 2.86 bits per heavy atom. The van der Waals surface area contributed by atoms with E-state index in [0.29, 0.717) is 17.5 Å². The molecule has 1 saturated heterocycles. The Morgan fingerprint density at radius 2 is 2.27 bits per heavy atom. The van der Waals surface area contributed by atoms with Gasteiger partial charge in [-0.1, -0.05) is 12.1 Å². The van der Waals surface area contributed by atoms with Gasteiger partial charge in [0.15, 0.2) is 0 Å². The number of carboxylic acids is 1. The van der Waals surface area contributed by atoms with Gasteiger partial charge in [-0.2, -0.15) is 5.26 Å². The molecule has 1 aliphatic rings. The third-order valence-electron chi connectivity index (χ3n) is 3.42. The number of benzene rings is 1. The molecule has 1 heterocycles. The third-order valence-corrected chi connectivity index (χ3v) is 3.42. The molecule has 0 spiro atoms. The summed E-state index contributed by atoms with van der Waals surface area (Å²) in [6.07, 6.45) is 0.693. The summed E-state index contributed by atoms with van der Waals surface area (Å²) in [7, 11) is 0. The van der Waals surface area contributed by atoms with Crippen molar-refractivity contribution in [3.63, 3.8) is 0 Å². The second-order valence-corrected chi connectivity index (χ2v) is 5.07. The van der Waals surface area contributed by atoms with Crippen LogP contribution in [0.25, 0.3) is 0 Å². The summed E-state index contributed by atoms with van der Waals surface area (Å²) in [6.45, 7) is 0. The van der Waals surface area contributed by atoms with Crippen molar-refractivity contribution >= 4 is 17.8 Å². The Morgan fingerprint density at radius 1 is 1.50 bits per heavy atom. The van der Waals surface area contributed by atoms with Crippen LogP contribution >= 0.6 is 0 Å². The fourth-order valence-electron chi connectivity index (χ4n) is 2.29. The van der Waals surface area contributed by atoms with E-state index in [1.807, 2.05) is 6.07 Å². The lowest BCUT2D eigenvalue weighted by atomic mass is 10.0. The molecule has 0 radical (unpaired) electrons. The maximum Gasteiger partial charge on any atom is 0.326 e. The Hall–Kier alpha value is -2.88. The van der Waals surface area contributed by atoms with Crippen molar-refractivity contribution in [1.82, 2.24) is 10.6 Å². The minimum atomic E-state index is -1.17. The molecule has 0 saturated carbocycles. The van der Waals surface area contributed by atoms with Crippen molar-refractivity contribution in [3.8, 4) is 6.07 Å². The van der Waals surface area contributed by atoms with Crippen LogP contribution in [-0.2, 0) is 20.8 Å². The molecule has 3 N–H and O–H groups in total. The van der Waals surface area contributed by atoms with Crippen molar-refractivity contribution in [1.29, 1.82) is 5.26 Å². The predicted octanol–water partition coefficient (Wildman–Crippen LogP) is -0.0512. The van der Waals surface area contributed by atoms with Gasteiger partial charge in [-0.25, -0.2) is 4.79 Å². The summed E-state index contributed by atoms with van der Waals surface area (Å²) in [4.78, 5) is 34.4. The molecule has 0 bridgehead atoms. The fourth-order valence-corrected chi connectivity index (χ4v) is 2.29. The monoisotopic (exact) mass is 301 g/mol. The van der Waals surface area contributed by atoms with Crippen LogP contribution in [0.3, 0.4) is 0 Å². The maximum atomic E-state index is 12.0. The molecule has 2 atom stereocenters. The number of nitrogens with zero attached hydrogens (tertiary/aromatic N) is 1. The molecule has 22 heavy (non-hydrogen) atoms. The van der Waals surface area contributed by atoms with E-state index in [1.54, 1.807) is 24.3 Å². The summed E-state index contributed by atoms with van der Waals surface area (Å²) in [5.74, 6) is -1.89. The van der Waals surface area contributed by atoms with E-state index in [1.165, 1.54) is 0 Å². The molecule has 7 heteroatoms. The average molecular weight is 301 g/mol. The van der Waals surface area contributed by atoms with Gasteiger partial charge in [-0.05, 0) is 24.1 Å². The highest BCUT2D eigenvalue weighted by molar-refractivity contribution is 5.92. The number of carbonyl (C=O) groups excluding carboxylic acids is 2. The van der Waals surface area contributed by atoms with E-state index in [9.17, 15) is 19.5 Å². The Kier molecular flexibility index (Phi) is 4.73. The molecular formula is C15H15N3O4. The lowest BCUT2D eigenvalue weighted by Gasteiger charge is -2.17. The molecule has 0 aromatic heterocycles. The molecule has 2 rings (SSSR count). The summed E-state index contributed by atoms with van der Waals surface area (Å²) in [5.41, 5.74) is 1.07. The zero-order chi connectivity index (χ0) is 16.1. The first kappa shape index (κ1) is 15.5. The second-order valence-electron chi connectivity index (χ2n) is 5.07. The van der Waals surface area contributed by atoms with E-state index >= 15 is 0 Å². The van der Waals surface area contributed by atoms with Gasteiger partial charge in [0.2, 0.25) is 11.8 Å². The van der Waals surface area contributed by atoms with Gasteiger partial charge in [-0.3, -0.25) is 9.59 Å². The van der Waals surface area contributed by atoms with Gasteiger partial charge in [0.1, 0.15) is 12.1 Å². The number of nitriles is 1. The molecule has 1 aliphatic heterocycles. The van der Waals surface area contributed by atoms with Gasteiger partial charge >= 0.3 is 5.97 Å². The second kappa shape index (κ2) is 6.72. The SMILES string of the molecule is N#Cc1cccc(C[C@H](NC(=O)[C@@H]2CCC(=O)N2)C(=O)O)c1. The number of nitrogens with one attached hydrogen (secondary N) is 2. The number of carboxylic acid groups (broad SMARTS) is 1. The van der Waals surface area contributed by atoms with Crippen LogP contribution in [0, 0.1) is 11.3 Å². The number of carbonyl (C=O) groups is 3. The minimum Gasteiger partial charge on any atom is -0.480 e. The predicted molar refractivity (Wildman–Crippen MR) is 75.6 cm³/mol. The van der Waals surface area contributed by atoms with Crippen LogP contribution in [0.15, 0.2) is 24.3 Å². The van der Waals surface area contributed by atoms with Crippen LogP contribution in [0.5, 0.6) is 0 Å². The van der Waals surface area contributed by atoms with E-state index in [0.717, 1.165) is 0 Å². The molecule has 0 unspecified atom stereocenters. The van der Waals surface area contributed by atoms with Crippen molar-refractivity contribution in [2.24, 2.45) is 0 Å². The van der Waals surface area contributed by atoms with Crippen LogP contribution in [0.2, 0.25) is 0 Å². The van der Waals surface area contributed by atoms with E-state index in [-0.39, 0.29) is 18.7 Å². The standard InChI is InChI=1S/C15H15N3O4/c16-8-10-3-1-2-9(6-10)7-12(15(21)22)18-14(20)11-4-5-13(19)17-11/h1-3,6,11-12H,4-5,7H2,(H,17,19)(H,18,20)(H,21,22)/t11-,12-/m0/s1. The van der Waals surface area contributed by atoms with Crippen molar-refractivity contribution in [2.45, 2.75) is 31.3 Å². The Bertz CT molecular complexity index is 650. The fraction of sp³-hybridized carbons (Fsp3) is 0.333. The molecule has 2 amide bonds. The van der Waals surface area contributed by atoms with Gasteiger partial charge < -0.3 is 15.7 Å². The third kappa shape index (κ3) is 3.82.